The van der Waals surface area contributed by atoms with E-state index in [0.29, 0.717) is 6.54 Å². The summed E-state index contributed by atoms with van der Waals surface area (Å²) in [5.41, 5.74) is 3.49. The summed E-state index contributed by atoms with van der Waals surface area (Å²) in [7, 11) is 1.00. The molecule has 7 heteroatoms. The van der Waals surface area contributed by atoms with E-state index in [0.717, 1.165) is 37.9 Å². The molecular weight excluding hydrogens is 420 g/mol. The van der Waals surface area contributed by atoms with Crippen molar-refractivity contribution >= 4 is 23.5 Å². The topological polar surface area (TPSA) is 86.3 Å². The van der Waals surface area contributed by atoms with E-state index in [1.54, 1.807) is 24.3 Å². The van der Waals surface area contributed by atoms with Crippen molar-refractivity contribution in [3.8, 4) is 0 Å². The molecule has 1 aromatic heterocycles. The van der Waals surface area contributed by atoms with Gasteiger partial charge in [-0.15, -0.1) is 0 Å². The van der Waals surface area contributed by atoms with Crippen LogP contribution in [0.15, 0.2) is 85.2 Å². The molecule has 1 heterocycles. The molecule has 1 atom stereocenters. The number of hydrogen-bond acceptors (Lipinski definition) is 6. The number of anilines is 1. The number of aliphatic hydroxyl groups excluding tert-OH is 1. The first-order chi connectivity index (χ1) is 15.8. The van der Waals surface area contributed by atoms with Crippen LogP contribution in [0.3, 0.4) is 0 Å². The van der Waals surface area contributed by atoms with Crippen molar-refractivity contribution in [1.82, 2.24) is 15.0 Å². The number of hydrogen-bond donors (Lipinski definition) is 4. The Labute approximate surface area is 195 Å². The van der Waals surface area contributed by atoms with E-state index in [1.165, 1.54) is 11.1 Å². The van der Waals surface area contributed by atoms with Crippen LogP contribution in [-0.4, -0.2) is 42.2 Å². The first-order valence-electron chi connectivity index (χ1n) is 10.6. The monoisotopic (exact) mass is 452 g/mol. The average molecular weight is 453 g/mol. The Morgan fingerprint density at radius 2 is 1.56 bits per heavy atom. The summed E-state index contributed by atoms with van der Waals surface area (Å²) in [6.07, 6.45) is 5.18. The number of aliphatic hydroxyl groups is 1. The predicted molar refractivity (Wildman–Crippen MR) is 133 cm³/mol. The molecular formula is C25H32N4O2S. The molecule has 3 rings (SSSR count). The first-order valence-corrected chi connectivity index (χ1v) is 11.6. The van der Waals surface area contributed by atoms with Crippen LogP contribution in [0.5, 0.6) is 0 Å². The second-order valence-electron chi connectivity index (χ2n) is 7.00. The van der Waals surface area contributed by atoms with E-state index in [1.807, 2.05) is 48.5 Å². The summed E-state index contributed by atoms with van der Waals surface area (Å²) in [6, 6.07) is 24.5. The molecule has 3 aromatic rings. The van der Waals surface area contributed by atoms with Crippen molar-refractivity contribution in [2.24, 2.45) is 0 Å². The number of pyridine rings is 1. The number of aromatic nitrogens is 1. The molecule has 0 fully saturated rings. The standard InChI is InChI=1S/C24H28N4OS.CH4O/c29-24(18-27-30-19-21-9-5-2-6-10-21)28-23(17-20-7-3-1-4-8-20)13-16-26-22-11-14-25-15-12-22;1-2/h1-12,14-15,23,27H,13,16-19H2,(H,25,26)(H,28,29);2H,1H3. The van der Waals surface area contributed by atoms with Crippen LogP contribution in [0, 0.1) is 0 Å². The number of nitrogens with zero attached hydrogens (tertiary/aromatic N) is 1. The van der Waals surface area contributed by atoms with Crippen LogP contribution in [0.4, 0.5) is 5.69 Å². The van der Waals surface area contributed by atoms with E-state index in [-0.39, 0.29) is 11.9 Å². The number of carbonyl (C=O) groups excluding carboxylic acids is 1. The van der Waals surface area contributed by atoms with Gasteiger partial charge in [-0.05, 0) is 36.1 Å². The third-order valence-electron chi connectivity index (χ3n) is 4.61. The fraction of sp³-hybridized carbons (Fsp3) is 0.280. The second kappa shape index (κ2) is 15.9. The van der Waals surface area contributed by atoms with Crippen LogP contribution >= 0.6 is 11.9 Å². The summed E-state index contributed by atoms with van der Waals surface area (Å²) in [5, 5.41) is 13.6. The highest BCUT2D eigenvalue weighted by Crippen LogP contribution is 2.09. The zero-order chi connectivity index (χ0) is 22.9. The maximum absolute atomic E-state index is 12.5. The van der Waals surface area contributed by atoms with Crippen LogP contribution < -0.4 is 15.4 Å². The summed E-state index contributed by atoms with van der Waals surface area (Å²) < 4.78 is 3.17. The van der Waals surface area contributed by atoms with Crippen LogP contribution in [0.25, 0.3) is 0 Å². The molecule has 170 valence electrons. The van der Waals surface area contributed by atoms with Crippen molar-refractivity contribution in [3.63, 3.8) is 0 Å². The molecule has 0 bridgehead atoms. The zero-order valence-corrected chi connectivity index (χ0v) is 19.2. The number of benzene rings is 2. The van der Waals surface area contributed by atoms with Gasteiger partial charge in [0.2, 0.25) is 5.91 Å². The van der Waals surface area contributed by atoms with Gasteiger partial charge in [-0.25, -0.2) is 0 Å². The largest absolute Gasteiger partial charge is 0.400 e. The van der Waals surface area contributed by atoms with Gasteiger partial charge in [0.25, 0.3) is 0 Å². The van der Waals surface area contributed by atoms with Crippen LogP contribution in [0.1, 0.15) is 17.5 Å². The minimum absolute atomic E-state index is 0.0143. The number of amides is 1. The fourth-order valence-corrected chi connectivity index (χ4v) is 3.78. The molecule has 6 nitrogen and oxygen atoms in total. The third kappa shape index (κ3) is 10.4. The Bertz CT molecular complexity index is 867. The Kier molecular flexibility index (Phi) is 12.6. The molecule has 0 radical (unpaired) electrons. The molecule has 0 saturated carbocycles. The normalized spacial score (nSPS) is 11.1. The van der Waals surface area contributed by atoms with Gasteiger partial charge in [0.1, 0.15) is 0 Å². The van der Waals surface area contributed by atoms with E-state index in [9.17, 15) is 4.79 Å². The highest BCUT2D eigenvalue weighted by molar-refractivity contribution is 7.96. The lowest BCUT2D eigenvalue weighted by Crippen LogP contribution is -2.41. The Morgan fingerprint density at radius 3 is 2.22 bits per heavy atom. The summed E-state index contributed by atoms with van der Waals surface area (Å²) >= 11 is 1.55. The van der Waals surface area contributed by atoms with E-state index in [2.05, 4.69) is 44.6 Å². The van der Waals surface area contributed by atoms with E-state index in [4.69, 9.17) is 5.11 Å². The summed E-state index contributed by atoms with van der Waals surface area (Å²) in [4.78, 5) is 16.5. The molecule has 0 spiro atoms. The van der Waals surface area contributed by atoms with Gasteiger partial charge >= 0.3 is 0 Å². The van der Waals surface area contributed by atoms with E-state index < -0.39 is 0 Å². The predicted octanol–water partition coefficient (Wildman–Crippen LogP) is 3.66. The molecule has 0 aliphatic rings. The first kappa shape index (κ1) is 25.4. The van der Waals surface area contributed by atoms with Crippen LogP contribution in [0.2, 0.25) is 0 Å². The highest BCUT2D eigenvalue weighted by atomic mass is 32.2. The smallest absolute Gasteiger partial charge is 0.235 e. The van der Waals surface area contributed by atoms with Gasteiger partial charge < -0.3 is 15.7 Å². The number of nitrogens with one attached hydrogen (secondary N) is 3. The molecule has 0 aliphatic heterocycles. The fourth-order valence-electron chi connectivity index (χ4n) is 3.09. The van der Waals surface area contributed by atoms with Gasteiger partial charge in [-0.1, -0.05) is 72.6 Å². The summed E-state index contributed by atoms with van der Waals surface area (Å²) in [6.45, 7) is 1.07. The van der Waals surface area contributed by atoms with Crippen molar-refractivity contribution in [2.75, 3.05) is 25.5 Å². The van der Waals surface area contributed by atoms with Gasteiger partial charge in [0.05, 0.1) is 6.54 Å². The Hall–Kier alpha value is -2.87. The maximum Gasteiger partial charge on any atom is 0.235 e. The molecule has 0 saturated heterocycles. The number of rotatable bonds is 12. The minimum Gasteiger partial charge on any atom is -0.400 e. The molecule has 0 aliphatic carbocycles. The van der Waals surface area contributed by atoms with E-state index >= 15 is 0 Å². The maximum atomic E-state index is 12.5. The number of carbonyl (C=O) groups is 1. The lowest BCUT2D eigenvalue weighted by molar-refractivity contribution is -0.120. The third-order valence-corrected chi connectivity index (χ3v) is 5.43. The van der Waals surface area contributed by atoms with Gasteiger partial charge in [-0.2, -0.15) is 0 Å². The SMILES string of the molecule is CO.O=C(CNSCc1ccccc1)NC(CCNc1ccncc1)Cc1ccccc1. The van der Waals surface area contributed by atoms with Gasteiger partial charge in [0.15, 0.2) is 0 Å². The van der Waals surface area contributed by atoms with Crippen molar-refractivity contribution in [1.29, 1.82) is 0 Å². The average Bonchev–Trinajstić information content (AvgIpc) is 2.85. The van der Waals surface area contributed by atoms with Crippen molar-refractivity contribution in [3.05, 3.63) is 96.3 Å². The minimum atomic E-state index is 0.0143. The lowest BCUT2D eigenvalue weighted by atomic mass is 10.0. The quantitative estimate of drug-likeness (QED) is 0.248. The van der Waals surface area contributed by atoms with Crippen molar-refractivity contribution in [2.45, 2.75) is 24.6 Å². The molecule has 1 unspecified atom stereocenters. The van der Waals surface area contributed by atoms with Crippen LogP contribution in [-0.2, 0) is 17.0 Å². The zero-order valence-electron chi connectivity index (χ0n) is 18.4. The van der Waals surface area contributed by atoms with Crippen molar-refractivity contribution < 1.29 is 9.90 Å². The Balaban J connectivity index is 0.00000176. The lowest BCUT2D eigenvalue weighted by Gasteiger charge is -2.20. The van der Waals surface area contributed by atoms with Gasteiger partial charge in [-0.3, -0.25) is 14.5 Å². The molecule has 4 N–H and O–H groups in total. The molecule has 32 heavy (non-hydrogen) atoms. The summed E-state index contributed by atoms with van der Waals surface area (Å²) in [5.74, 6) is 0.845. The molecule has 1 amide bonds. The second-order valence-corrected chi connectivity index (χ2v) is 7.87. The van der Waals surface area contributed by atoms with Gasteiger partial charge in [0, 0.05) is 43.5 Å². The highest BCUT2D eigenvalue weighted by Gasteiger charge is 2.13. The molecule has 2 aromatic carbocycles. The Morgan fingerprint density at radius 1 is 0.938 bits per heavy atom.